The van der Waals surface area contributed by atoms with Gasteiger partial charge in [-0.2, -0.15) is 0 Å². The van der Waals surface area contributed by atoms with E-state index >= 15 is 0 Å². The van der Waals surface area contributed by atoms with Crippen LogP contribution in [0.1, 0.15) is 95.7 Å². The summed E-state index contributed by atoms with van der Waals surface area (Å²) in [7, 11) is 0. The summed E-state index contributed by atoms with van der Waals surface area (Å²) in [6.07, 6.45) is 3.41. The fraction of sp³-hybridized carbons (Fsp3) is 0.394. The zero-order chi connectivity index (χ0) is 27.8. The van der Waals surface area contributed by atoms with Crippen LogP contribution in [0.3, 0.4) is 0 Å². The first kappa shape index (κ1) is 31.3. The van der Waals surface area contributed by atoms with Crippen molar-refractivity contribution in [3.63, 3.8) is 0 Å². The monoisotopic (exact) mass is 557 g/mol. The Balaban J connectivity index is 0.00000507. The maximum absolute atomic E-state index is 11.1. The maximum atomic E-state index is 11.1. The largest absolute Gasteiger partial charge is 0.507 e. The molecule has 0 amide bonds. The molecule has 38 heavy (non-hydrogen) atoms. The third-order valence-corrected chi connectivity index (χ3v) is 6.47. The smallest absolute Gasteiger partial charge is 0.128 e. The standard InChI is InChI=1S/C33H42N2O2.Co/c1-21-15-22(29(36)25(16-21)32(5,6)7)19-34-27-13-11-12-14-28(27)35-20-23-17-24(31(2,3)4)18-26(30(23)37)33(8,9)10;/h11-20,36-37H,1-10H3;. The molecule has 5 heteroatoms. The van der Waals surface area contributed by atoms with E-state index in [-0.39, 0.29) is 44.5 Å². The normalized spacial score (nSPS) is 12.8. The average molecular weight is 558 g/mol. The summed E-state index contributed by atoms with van der Waals surface area (Å²) in [5.74, 6) is 0.506. The predicted molar refractivity (Wildman–Crippen MR) is 158 cm³/mol. The summed E-state index contributed by atoms with van der Waals surface area (Å²) >= 11 is 0. The second-order valence-corrected chi connectivity index (χ2v) is 13.0. The summed E-state index contributed by atoms with van der Waals surface area (Å²) in [4.78, 5) is 9.42. The van der Waals surface area contributed by atoms with Gasteiger partial charge in [0.05, 0.1) is 11.4 Å². The van der Waals surface area contributed by atoms with Gasteiger partial charge in [0, 0.05) is 51.5 Å². The van der Waals surface area contributed by atoms with Crippen LogP contribution >= 0.6 is 0 Å². The van der Waals surface area contributed by atoms with Gasteiger partial charge in [-0.1, -0.05) is 86.6 Å². The van der Waals surface area contributed by atoms with Gasteiger partial charge in [-0.3, -0.25) is 9.98 Å². The minimum atomic E-state index is -0.210. The van der Waals surface area contributed by atoms with Crippen molar-refractivity contribution < 1.29 is 27.0 Å². The molecular formula is C33H42CoN2O2. The number of aryl methyl sites for hydroxylation is 1. The molecule has 0 saturated heterocycles. The van der Waals surface area contributed by atoms with E-state index < -0.39 is 0 Å². The van der Waals surface area contributed by atoms with Crippen molar-refractivity contribution in [3.05, 3.63) is 81.9 Å². The van der Waals surface area contributed by atoms with Gasteiger partial charge in [0.2, 0.25) is 0 Å². The van der Waals surface area contributed by atoms with E-state index in [1.807, 2.05) is 49.4 Å². The van der Waals surface area contributed by atoms with Crippen LogP contribution in [-0.4, -0.2) is 22.6 Å². The maximum Gasteiger partial charge on any atom is 0.128 e. The zero-order valence-corrected chi connectivity index (χ0v) is 25.4. The Morgan fingerprint density at radius 2 is 1.03 bits per heavy atom. The molecule has 0 saturated carbocycles. The molecule has 0 fully saturated rings. The molecule has 0 spiro atoms. The topological polar surface area (TPSA) is 65.2 Å². The molecule has 3 rings (SSSR count). The summed E-state index contributed by atoms with van der Waals surface area (Å²) < 4.78 is 0. The van der Waals surface area contributed by atoms with Gasteiger partial charge in [0.1, 0.15) is 11.5 Å². The van der Waals surface area contributed by atoms with Gasteiger partial charge in [0.25, 0.3) is 0 Å². The van der Waals surface area contributed by atoms with Crippen molar-refractivity contribution in [1.82, 2.24) is 0 Å². The predicted octanol–water partition coefficient (Wildman–Crippen LogP) is 8.80. The number of aromatic hydroxyl groups is 2. The Morgan fingerprint density at radius 1 is 0.605 bits per heavy atom. The van der Waals surface area contributed by atoms with E-state index in [1.54, 1.807) is 12.4 Å². The van der Waals surface area contributed by atoms with Gasteiger partial charge in [0.15, 0.2) is 0 Å². The minimum absolute atomic E-state index is 0. The molecule has 2 N–H and O–H groups in total. The van der Waals surface area contributed by atoms with Crippen LogP contribution in [0.25, 0.3) is 0 Å². The number of rotatable bonds is 4. The van der Waals surface area contributed by atoms with E-state index in [1.165, 1.54) is 0 Å². The minimum Gasteiger partial charge on any atom is -0.507 e. The number of hydrogen-bond acceptors (Lipinski definition) is 4. The average Bonchev–Trinajstić information content (AvgIpc) is 2.77. The van der Waals surface area contributed by atoms with Crippen molar-refractivity contribution in [3.8, 4) is 11.5 Å². The van der Waals surface area contributed by atoms with E-state index in [0.29, 0.717) is 22.5 Å². The molecule has 0 aliphatic carbocycles. The van der Waals surface area contributed by atoms with Gasteiger partial charge in [-0.25, -0.2) is 0 Å². The van der Waals surface area contributed by atoms with Crippen LogP contribution in [-0.2, 0) is 33.0 Å². The third-order valence-electron chi connectivity index (χ3n) is 6.47. The van der Waals surface area contributed by atoms with E-state index in [2.05, 4.69) is 73.4 Å². The molecule has 0 unspecified atom stereocenters. The van der Waals surface area contributed by atoms with Crippen LogP contribution in [0, 0.1) is 6.92 Å². The molecular weight excluding hydrogens is 515 g/mol. The number of benzene rings is 3. The molecule has 205 valence electrons. The molecule has 0 atom stereocenters. The first-order valence-corrected chi connectivity index (χ1v) is 12.9. The molecule has 0 aliphatic heterocycles. The number of phenolic OH excluding ortho intramolecular Hbond substituents is 2. The Hall–Kier alpha value is -2.89. The van der Waals surface area contributed by atoms with E-state index in [4.69, 9.17) is 4.99 Å². The van der Waals surface area contributed by atoms with Gasteiger partial charge in [-0.15, -0.1) is 0 Å². The zero-order valence-electron chi connectivity index (χ0n) is 24.4. The fourth-order valence-corrected chi connectivity index (χ4v) is 4.20. The van der Waals surface area contributed by atoms with Crippen LogP contribution in [0.15, 0.2) is 58.5 Å². The van der Waals surface area contributed by atoms with Crippen molar-refractivity contribution in [2.24, 2.45) is 9.98 Å². The molecule has 1 radical (unpaired) electrons. The summed E-state index contributed by atoms with van der Waals surface area (Å²) in [6.45, 7) is 21.1. The van der Waals surface area contributed by atoms with Crippen molar-refractivity contribution in [2.45, 2.75) is 85.5 Å². The van der Waals surface area contributed by atoms with Crippen LogP contribution in [0.5, 0.6) is 11.5 Å². The summed E-state index contributed by atoms with van der Waals surface area (Å²) in [5.41, 5.74) is 6.26. The summed E-state index contributed by atoms with van der Waals surface area (Å²) in [5, 5.41) is 22.0. The Kier molecular flexibility index (Phi) is 9.45. The van der Waals surface area contributed by atoms with Crippen LogP contribution in [0.4, 0.5) is 11.4 Å². The second kappa shape index (κ2) is 11.5. The quantitative estimate of drug-likeness (QED) is 0.315. The van der Waals surface area contributed by atoms with Crippen molar-refractivity contribution in [1.29, 1.82) is 0 Å². The van der Waals surface area contributed by atoms with Gasteiger partial charge < -0.3 is 10.2 Å². The first-order valence-electron chi connectivity index (χ1n) is 12.9. The second-order valence-electron chi connectivity index (χ2n) is 13.0. The number of phenols is 2. The van der Waals surface area contributed by atoms with Crippen molar-refractivity contribution in [2.75, 3.05) is 0 Å². The Labute approximate surface area is 239 Å². The molecule has 0 aliphatic rings. The third kappa shape index (κ3) is 7.36. The van der Waals surface area contributed by atoms with Gasteiger partial charge in [-0.05, 0) is 58.6 Å². The Morgan fingerprint density at radius 3 is 1.45 bits per heavy atom. The number of aliphatic imine (C=N–C) groups is 2. The van der Waals surface area contributed by atoms with Gasteiger partial charge >= 0.3 is 0 Å². The van der Waals surface area contributed by atoms with Crippen molar-refractivity contribution >= 4 is 23.8 Å². The SMILES string of the molecule is Cc1cc(C=Nc2ccccc2N=Cc2cc(C(C)(C)C)cc(C(C)(C)C)c2O)c(O)c(C(C)(C)C)c1.[Co]. The molecule has 3 aromatic rings. The number of hydrogen-bond donors (Lipinski definition) is 2. The van der Waals surface area contributed by atoms with Crippen LogP contribution < -0.4 is 0 Å². The fourth-order valence-electron chi connectivity index (χ4n) is 4.20. The molecule has 0 aromatic heterocycles. The first-order chi connectivity index (χ1) is 17.0. The number of nitrogens with zero attached hydrogens (tertiary/aromatic N) is 2. The molecule has 0 heterocycles. The summed E-state index contributed by atoms with van der Waals surface area (Å²) in [6, 6.07) is 15.7. The number of para-hydroxylation sites is 2. The van der Waals surface area contributed by atoms with Crippen LogP contribution in [0.2, 0.25) is 0 Å². The Bertz CT molecular complexity index is 1350. The van der Waals surface area contributed by atoms with E-state index in [0.717, 1.165) is 22.3 Å². The molecule has 0 bridgehead atoms. The molecule has 4 nitrogen and oxygen atoms in total. The van der Waals surface area contributed by atoms with E-state index in [9.17, 15) is 10.2 Å². The molecule has 3 aromatic carbocycles.